The fraction of sp³-hybridized carbons (Fsp3) is 0.500. The van der Waals surface area contributed by atoms with Crippen LogP contribution >= 0.6 is 0 Å². The monoisotopic (exact) mass is 253 g/mol. The molecule has 1 aromatic carbocycles. The van der Waals surface area contributed by atoms with Crippen LogP contribution in [0.1, 0.15) is 12.8 Å². The Hall–Kier alpha value is -1.69. The lowest BCUT2D eigenvalue weighted by molar-refractivity contribution is -0.385. The number of nitrogens with zero attached hydrogens (tertiary/aromatic N) is 2. The summed E-state index contributed by atoms with van der Waals surface area (Å²) in [6.07, 6.45) is 2.48. The topological polar surface area (TPSA) is 58.4 Å². The summed E-state index contributed by atoms with van der Waals surface area (Å²) in [5.74, 6) is -0.585. The molecule has 18 heavy (non-hydrogen) atoms. The quantitative estimate of drug-likeness (QED) is 0.624. The number of likely N-dealkylation sites (N-methyl/N-ethyl adjacent to an activating group) is 1. The minimum absolute atomic E-state index is 0.229. The summed E-state index contributed by atoms with van der Waals surface area (Å²) in [4.78, 5) is 12.1. The van der Waals surface area contributed by atoms with Gasteiger partial charge in [-0.2, -0.15) is 0 Å². The van der Waals surface area contributed by atoms with Gasteiger partial charge < -0.3 is 10.2 Å². The fourth-order valence-corrected chi connectivity index (χ4v) is 1.83. The average Bonchev–Trinajstić information content (AvgIpc) is 3.14. The molecule has 0 bridgehead atoms. The SMILES string of the molecule is CN(CCNc1ccc([N+](=O)[O-])cc1F)C1CC1. The molecule has 1 fully saturated rings. The first kappa shape index (κ1) is 12.8. The Morgan fingerprint density at radius 3 is 2.83 bits per heavy atom. The zero-order valence-electron chi connectivity index (χ0n) is 10.2. The van der Waals surface area contributed by atoms with Crippen molar-refractivity contribution in [3.8, 4) is 0 Å². The molecule has 0 unspecified atom stereocenters. The Morgan fingerprint density at radius 2 is 2.28 bits per heavy atom. The van der Waals surface area contributed by atoms with Crippen LogP contribution in [0.2, 0.25) is 0 Å². The lowest BCUT2D eigenvalue weighted by Gasteiger charge is -2.16. The summed E-state index contributed by atoms with van der Waals surface area (Å²) in [7, 11) is 2.05. The van der Waals surface area contributed by atoms with Crippen molar-refractivity contribution < 1.29 is 9.31 Å². The van der Waals surface area contributed by atoms with Crippen LogP contribution in [-0.2, 0) is 0 Å². The highest BCUT2D eigenvalue weighted by Crippen LogP contribution is 2.25. The van der Waals surface area contributed by atoms with Gasteiger partial charge in [-0.05, 0) is 26.0 Å². The highest BCUT2D eigenvalue weighted by Gasteiger charge is 2.25. The number of hydrogen-bond donors (Lipinski definition) is 1. The van der Waals surface area contributed by atoms with Crippen molar-refractivity contribution in [2.45, 2.75) is 18.9 Å². The normalized spacial score (nSPS) is 14.8. The van der Waals surface area contributed by atoms with Gasteiger partial charge in [-0.25, -0.2) is 4.39 Å². The van der Waals surface area contributed by atoms with Crippen LogP contribution in [0.25, 0.3) is 0 Å². The number of nitrogens with one attached hydrogen (secondary N) is 1. The Morgan fingerprint density at radius 1 is 1.56 bits per heavy atom. The van der Waals surface area contributed by atoms with E-state index in [2.05, 4.69) is 10.2 Å². The average molecular weight is 253 g/mol. The number of nitro groups is 1. The molecule has 0 radical (unpaired) electrons. The predicted octanol–water partition coefficient (Wildman–Crippen LogP) is 2.24. The number of rotatable bonds is 6. The Labute approximate surface area is 105 Å². The van der Waals surface area contributed by atoms with E-state index in [1.807, 2.05) is 7.05 Å². The van der Waals surface area contributed by atoms with Crippen molar-refractivity contribution in [1.29, 1.82) is 0 Å². The minimum Gasteiger partial charge on any atom is -0.381 e. The fourth-order valence-electron chi connectivity index (χ4n) is 1.83. The molecule has 1 saturated carbocycles. The molecule has 0 amide bonds. The van der Waals surface area contributed by atoms with E-state index >= 15 is 0 Å². The number of halogens is 1. The summed E-state index contributed by atoms with van der Waals surface area (Å²) < 4.78 is 13.5. The van der Waals surface area contributed by atoms with Gasteiger partial charge in [-0.1, -0.05) is 0 Å². The first-order valence-electron chi connectivity index (χ1n) is 5.96. The smallest absolute Gasteiger partial charge is 0.272 e. The standard InChI is InChI=1S/C12H16FN3O2/c1-15(9-2-3-9)7-6-14-12-5-4-10(16(17)18)8-11(12)13/h4-5,8-9,14H,2-3,6-7H2,1H3. The van der Waals surface area contributed by atoms with Crippen LogP contribution in [0, 0.1) is 15.9 Å². The van der Waals surface area contributed by atoms with E-state index in [4.69, 9.17) is 0 Å². The minimum atomic E-state index is -0.603. The largest absolute Gasteiger partial charge is 0.381 e. The Kier molecular flexibility index (Phi) is 3.76. The van der Waals surface area contributed by atoms with Crippen molar-refractivity contribution in [3.05, 3.63) is 34.1 Å². The zero-order chi connectivity index (χ0) is 13.1. The van der Waals surface area contributed by atoms with Crippen molar-refractivity contribution in [2.75, 3.05) is 25.5 Å². The molecule has 2 rings (SSSR count). The molecule has 0 atom stereocenters. The van der Waals surface area contributed by atoms with Gasteiger partial charge in [0.25, 0.3) is 5.69 Å². The van der Waals surface area contributed by atoms with E-state index in [-0.39, 0.29) is 5.69 Å². The van der Waals surface area contributed by atoms with E-state index in [1.165, 1.54) is 25.0 Å². The van der Waals surface area contributed by atoms with Crippen molar-refractivity contribution in [1.82, 2.24) is 4.90 Å². The van der Waals surface area contributed by atoms with Crippen LogP contribution in [0.3, 0.4) is 0 Å². The van der Waals surface area contributed by atoms with Gasteiger partial charge in [0.15, 0.2) is 5.82 Å². The van der Waals surface area contributed by atoms with Gasteiger partial charge in [-0.15, -0.1) is 0 Å². The first-order valence-corrected chi connectivity index (χ1v) is 5.96. The van der Waals surface area contributed by atoms with E-state index in [1.54, 1.807) is 0 Å². The Balaban J connectivity index is 1.86. The maximum absolute atomic E-state index is 13.5. The van der Waals surface area contributed by atoms with Crippen LogP contribution in [-0.4, -0.2) is 36.0 Å². The number of hydrogen-bond acceptors (Lipinski definition) is 4. The molecular weight excluding hydrogens is 237 g/mol. The van der Waals surface area contributed by atoms with Crippen LogP contribution in [0.15, 0.2) is 18.2 Å². The first-order chi connectivity index (χ1) is 8.58. The molecule has 0 spiro atoms. The lowest BCUT2D eigenvalue weighted by Crippen LogP contribution is -2.27. The van der Waals surface area contributed by atoms with Crippen LogP contribution in [0.5, 0.6) is 0 Å². The third kappa shape index (κ3) is 3.16. The van der Waals surface area contributed by atoms with Crippen LogP contribution in [0.4, 0.5) is 15.8 Å². The molecule has 0 aliphatic heterocycles. The van der Waals surface area contributed by atoms with Gasteiger partial charge in [0.05, 0.1) is 16.7 Å². The van der Waals surface area contributed by atoms with E-state index in [9.17, 15) is 14.5 Å². The second kappa shape index (κ2) is 5.30. The molecule has 1 N–H and O–H groups in total. The van der Waals surface area contributed by atoms with E-state index < -0.39 is 10.7 Å². The molecule has 6 heteroatoms. The van der Waals surface area contributed by atoms with Crippen LogP contribution < -0.4 is 5.32 Å². The maximum atomic E-state index is 13.5. The third-order valence-corrected chi connectivity index (χ3v) is 3.11. The number of non-ortho nitro benzene ring substituents is 1. The van der Waals surface area contributed by atoms with Crippen molar-refractivity contribution >= 4 is 11.4 Å². The molecule has 0 heterocycles. The van der Waals surface area contributed by atoms with Crippen molar-refractivity contribution in [2.24, 2.45) is 0 Å². The second-order valence-corrected chi connectivity index (χ2v) is 4.56. The molecule has 98 valence electrons. The van der Waals surface area contributed by atoms with E-state index in [0.717, 1.165) is 12.6 Å². The number of benzene rings is 1. The molecule has 1 aliphatic carbocycles. The number of anilines is 1. The maximum Gasteiger partial charge on any atom is 0.272 e. The van der Waals surface area contributed by atoms with Gasteiger partial charge in [-0.3, -0.25) is 10.1 Å². The molecule has 0 aromatic heterocycles. The highest BCUT2D eigenvalue weighted by atomic mass is 19.1. The predicted molar refractivity (Wildman–Crippen MR) is 67.2 cm³/mol. The summed E-state index contributed by atoms with van der Waals surface area (Å²) in [5.41, 5.74) is 0.0814. The third-order valence-electron chi connectivity index (χ3n) is 3.11. The summed E-state index contributed by atoms with van der Waals surface area (Å²) in [6.45, 7) is 1.46. The van der Waals surface area contributed by atoms with Gasteiger partial charge in [0.1, 0.15) is 0 Å². The molecule has 1 aromatic rings. The second-order valence-electron chi connectivity index (χ2n) is 4.56. The summed E-state index contributed by atoms with van der Waals surface area (Å²) in [6, 6.07) is 4.32. The van der Waals surface area contributed by atoms with Gasteiger partial charge in [0, 0.05) is 25.2 Å². The Bertz CT molecular complexity index is 449. The molecule has 5 nitrogen and oxygen atoms in total. The van der Waals surface area contributed by atoms with Gasteiger partial charge >= 0.3 is 0 Å². The zero-order valence-corrected chi connectivity index (χ0v) is 10.2. The van der Waals surface area contributed by atoms with E-state index in [0.29, 0.717) is 18.3 Å². The lowest BCUT2D eigenvalue weighted by atomic mass is 10.2. The van der Waals surface area contributed by atoms with Crippen molar-refractivity contribution in [3.63, 3.8) is 0 Å². The highest BCUT2D eigenvalue weighted by molar-refractivity contribution is 5.50. The molecule has 1 aliphatic rings. The molecule has 0 saturated heterocycles. The van der Waals surface area contributed by atoms with Gasteiger partial charge in [0.2, 0.25) is 0 Å². The number of nitro benzene ring substituents is 1. The molecular formula is C12H16FN3O2. The summed E-state index contributed by atoms with van der Waals surface area (Å²) in [5, 5.41) is 13.4. The summed E-state index contributed by atoms with van der Waals surface area (Å²) >= 11 is 0.